The first-order valence-corrected chi connectivity index (χ1v) is 7.42. The SMILES string of the molecule is Cc1ccc(P(O)c2ccc(C)c(C)c2)cc1C. The van der Waals surface area contributed by atoms with E-state index in [0.717, 1.165) is 10.6 Å². The van der Waals surface area contributed by atoms with Crippen molar-refractivity contribution < 1.29 is 4.89 Å². The van der Waals surface area contributed by atoms with Crippen molar-refractivity contribution in [2.24, 2.45) is 0 Å². The van der Waals surface area contributed by atoms with Gasteiger partial charge < -0.3 is 4.89 Å². The van der Waals surface area contributed by atoms with Crippen LogP contribution < -0.4 is 10.6 Å². The Kier molecular flexibility index (Phi) is 3.85. The van der Waals surface area contributed by atoms with Crippen LogP contribution >= 0.6 is 8.15 Å². The Balaban J connectivity index is 2.37. The van der Waals surface area contributed by atoms with E-state index in [2.05, 4.69) is 52.0 Å². The fraction of sp³-hybridized carbons (Fsp3) is 0.250. The lowest BCUT2D eigenvalue weighted by Gasteiger charge is -2.14. The van der Waals surface area contributed by atoms with Gasteiger partial charge in [0.1, 0.15) is 0 Å². The maximum absolute atomic E-state index is 10.5. The molecule has 0 radical (unpaired) electrons. The number of rotatable bonds is 2. The van der Waals surface area contributed by atoms with Crippen LogP contribution in [0.4, 0.5) is 0 Å². The fourth-order valence-corrected chi connectivity index (χ4v) is 3.23. The molecule has 0 unspecified atom stereocenters. The molecular weight excluding hydrogens is 239 g/mol. The van der Waals surface area contributed by atoms with E-state index in [9.17, 15) is 4.89 Å². The van der Waals surface area contributed by atoms with Gasteiger partial charge in [-0.1, -0.05) is 24.3 Å². The van der Waals surface area contributed by atoms with Crippen LogP contribution in [0, 0.1) is 27.7 Å². The normalized spacial score (nSPS) is 11.0. The van der Waals surface area contributed by atoms with Crippen LogP contribution in [-0.4, -0.2) is 4.89 Å². The highest BCUT2D eigenvalue weighted by Gasteiger charge is 2.12. The molecule has 18 heavy (non-hydrogen) atoms. The van der Waals surface area contributed by atoms with E-state index in [1.807, 2.05) is 12.1 Å². The first kappa shape index (κ1) is 13.3. The predicted molar refractivity (Wildman–Crippen MR) is 80.2 cm³/mol. The first-order chi connectivity index (χ1) is 8.49. The van der Waals surface area contributed by atoms with Crippen molar-refractivity contribution in [1.82, 2.24) is 0 Å². The van der Waals surface area contributed by atoms with Crippen LogP contribution in [-0.2, 0) is 0 Å². The zero-order valence-corrected chi connectivity index (χ0v) is 12.3. The minimum atomic E-state index is -1.23. The number of hydrogen-bond acceptors (Lipinski definition) is 1. The highest BCUT2D eigenvalue weighted by Crippen LogP contribution is 2.29. The van der Waals surface area contributed by atoms with E-state index in [1.165, 1.54) is 22.3 Å². The van der Waals surface area contributed by atoms with E-state index in [0.29, 0.717) is 0 Å². The molecule has 0 fully saturated rings. The molecule has 2 heteroatoms. The molecule has 0 spiro atoms. The van der Waals surface area contributed by atoms with Gasteiger partial charge in [0.15, 0.2) is 0 Å². The van der Waals surface area contributed by atoms with Crippen molar-refractivity contribution in [3.63, 3.8) is 0 Å². The molecule has 2 aromatic rings. The van der Waals surface area contributed by atoms with Gasteiger partial charge in [0.25, 0.3) is 0 Å². The first-order valence-electron chi connectivity index (χ1n) is 6.12. The standard InChI is InChI=1S/C16H19OP/c1-11-5-7-15(9-13(11)3)18(17)16-8-6-12(2)14(4)10-16/h5-10,17H,1-4H3. The summed E-state index contributed by atoms with van der Waals surface area (Å²) in [6.07, 6.45) is 0. The van der Waals surface area contributed by atoms with Gasteiger partial charge in [0, 0.05) is 10.6 Å². The van der Waals surface area contributed by atoms with Crippen LogP contribution in [0.25, 0.3) is 0 Å². The Bertz CT molecular complexity index is 524. The molecule has 94 valence electrons. The molecule has 1 N–H and O–H groups in total. The third-order valence-corrected chi connectivity index (χ3v) is 5.00. The average molecular weight is 258 g/mol. The Morgan fingerprint density at radius 1 is 0.667 bits per heavy atom. The number of aryl methyl sites for hydroxylation is 4. The molecule has 0 saturated heterocycles. The highest BCUT2D eigenvalue weighted by molar-refractivity contribution is 7.67. The van der Waals surface area contributed by atoms with Gasteiger partial charge in [-0.15, -0.1) is 0 Å². The Morgan fingerprint density at radius 3 is 1.39 bits per heavy atom. The predicted octanol–water partition coefficient (Wildman–Crippen LogP) is 3.26. The molecule has 0 amide bonds. The molecule has 2 rings (SSSR count). The molecular formula is C16H19OP. The molecule has 0 heterocycles. The van der Waals surface area contributed by atoms with Crippen molar-refractivity contribution in [3.05, 3.63) is 58.7 Å². The van der Waals surface area contributed by atoms with Crippen LogP contribution in [0.15, 0.2) is 36.4 Å². The summed E-state index contributed by atoms with van der Waals surface area (Å²) in [5, 5.41) is 2.05. The van der Waals surface area contributed by atoms with Crippen LogP contribution in [0.2, 0.25) is 0 Å². The highest BCUT2D eigenvalue weighted by atomic mass is 31.1. The van der Waals surface area contributed by atoms with Gasteiger partial charge in [-0.3, -0.25) is 0 Å². The molecule has 0 aliphatic rings. The van der Waals surface area contributed by atoms with Crippen molar-refractivity contribution in [3.8, 4) is 0 Å². The molecule has 0 aromatic heterocycles. The fourth-order valence-electron chi connectivity index (χ4n) is 1.86. The molecule has 0 aliphatic heterocycles. The summed E-state index contributed by atoms with van der Waals surface area (Å²) < 4.78 is 0. The van der Waals surface area contributed by atoms with Gasteiger partial charge in [0.05, 0.1) is 8.15 Å². The molecule has 0 atom stereocenters. The molecule has 0 bridgehead atoms. The molecule has 0 aliphatic carbocycles. The van der Waals surface area contributed by atoms with Crippen LogP contribution in [0.5, 0.6) is 0 Å². The smallest absolute Gasteiger partial charge is 0.0877 e. The maximum Gasteiger partial charge on any atom is 0.0877 e. The summed E-state index contributed by atoms with van der Waals surface area (Å²) in [6, 6.07) is 12.4. The Hall–Kier alpha value is -1.17. The van der Waals surface area contributed by atoms with Gasteiger partial charge in [-0.05, 0) is 62.1 Å². The summed E-state index contributed by atoms with van der Waals surface area (Å²) in [5.41, 5.74) is 5.00. The van der Waals surface area contributed by atoms with Crippen molar-refractivity contribution in [2.75, 3.05) is 0 Å². The van der Waals surface area contributed by atoms with Crippen LogP contribution in [0.3, 0.4) is 0 Å². The summed E-state index contributed by atoms with van der Waals surface area (Å²) in [5.74, 6) is 0. The van der Waals surface area contributed by atoms with Crippen molar-refractivity contribution in [2.45, 2.75) is 27.7 Å². The van der Waals surface area contributed by atoms with E-state index in [-0.39, 0.29) is 0 Å². The zero-order valence-electron chi connectivity index (χ0n) is 11.4. The minimum absolute atomic E-state index is 1.02. The third kappa shape index (κ3) is 2.63. The van der Waals surface area contributed by atoms with E-state index >= 15 is 0 Å². The van der Waals surface area contributed by atoms with E-state index < -0.39 is 8.15 Å². The Labute approximate surface area is 110 Å². The average Bonchev–Trinajstić information content (AvgIpc) is 2.35. The van der Waals surface area contributed by atoms with Gasteiger partial charge >= 0.3 is 0 Å². The second-order valence-electron chi connectivity index (χ2n) is 4.85. The number of hydrogen-bond donors (Lipinski definition) is 1. The van der Waals surface area contributed by atoms with E-state index in [4.69, 9.17) is 0 Å². The monoisotopic (exact) mass is 258 g/mol. The lowest BCUT2D eigenvalue weighted by Crippen LogP contribution is -2.12. The maximum atomic E-state index is 10.5. The van der Waals surface area contributed by atoms with Crippen molar-refractivity contribution in [1.29, 1.82) is 0 Å². The number of benzene rings is 2. The summed E-state index contributed by atoms with van der Waals surface area (Å²) in [6.45, 7) is 8.36. The second-order valence-corrected chi connectivity index (χ2v) is 6.51. The summed E-state index contributed by atoms with van der Waals surface area (Å²) in [7, 11) is -1.23. The molecule has 2 aromatic carbocycles. The third-order valence-electron chi connectivity index (χ3n) is 3.47. The molecule has 1 nitrogen and oxygen atoms in total. The lowest BCUT2D eigenvalue weighted by molar-refractivity contribution is 0.644. The lowest BCUT2D eigenvalue weighted by atomic mass is 10.1. The quantitative estimate of drug-likeness (QED) is 0.820. The van der Waals surface area contributed by atoms with E-state index in [1.54, 1.807) is 0 Å². The zero-order chi connectivity index (χ0) is 13.3. The summed E-state index contributed by atoms with van der Waals surface area (Å²) >= 11 is 0. The Morgan fingerprint density at radius 2 is 1.06 bits per heavy atom. The van der Waals surface area contributed by atoms with Crippen molar-refractivity contribution >= 4 is 18.8 Å². The largest absolute Gasteiger partial charge is 0.364 e. The van der Waals surface area contributed by atoms with Gasteiger partial charge in [-0.25, -0.2) is 0 Å². The van der Waals surface area contributed by atoms with Gasteiger partial charge in [0.2, 0.25) is 0 Å². The second kappa shape index (κ2) is 5.22. The van der Waals surface area contributed by atoms with Gasteiger partial charge in [-0.2, -0.15) is 0 Å². The molecule has 0 saturated carbocycles. The minimum Gasteiger partial charge on any atom is -0.364 e. The van der Waals surface area contributed by atoms with Crippen LogP contribution in [0.1, 0.15) is 22.3 Å². The topological polar surface area (TPSA) is 20.2 Å². The summed E-state index contributed by atoms with van der Waals surface area (Å²) in [4.78, 5) is 10.5.